The second-order valence-electron chi connectivity index (χ2n) is 5.08. The minimum atomic E-state index is -0.0898. The van der Waals surface area contributed by atoms with Gasteiger partial charge in [-0.1, -0.05) is 0 Å². The van der Waals surface area contributed by atoms with Crippen molar-refractivity contribution >= 4 is 22.6 Å². The molecule has 0 atom stereocenters. The van der Waals surface area contributed by atoms with Gasteiger partial charge in [0.05, 0.1) is 11.1 Å². The number of nitriles is 1. The second kappa shape index (κ2) is 7.27. The maximum Gasteiger partial charge on any atom is 0.316 e. The average molecular weight is 297 g/mol. The fraction of sp³-hybridized carbons (Fsp3) is 0.312. The summed E-state index contributed by atoms with van der Waals surface area (Å²) in [6.07, 6.45) is 2.49. The summed E-state index contributed by atoms with van der Waals surface area (Å²) in [6, 6.07) is 9.52. The summed E-state index contributed by atoms with van der Waals surface area (Å²) in [5.41, 5.74) is 2.22. The first-order valence-corrected chi connectivity index (χ1v) is 7.10. The van der Waals surface area contributed by atoms with Gasteiger partial charge < -0.3 is 15.5 Å². The van der Waals surface area contributed by atoms with Crippen LogP contribution in [0.25, 0.3) is 10.9 Å². The molecule has 0 spiro atoms. The number of nitrogens with one attached hydrogen (secondary N) is 2. The lowest BCUT2D eigenvalue weighted by Crippen LogP contribution is -2.35. The van der Waals surface area contributed by atoms with Gasteiger partial charge in [0.2, 0.25) is 0 Å². The number of urea groups is 1. The number of fused-ring (bicyclic) bond motifs is 1. The molecule has 2 rings (SSSR count). The van der Waals surface area contributed by atoms with Crippen LogP contribution in [0, 0.1) is 11.3 Å². The van der Waals surface area contributed by atoms with Crippen LogP contribution in [0.15, 0.2) is 30.5 Å². The van der Waals surface area contributed by atoms with Crippen LogP contribution in [-0.2, 0) is 0 Å². The quantitative estimate of drug-likeness (QED) is 0.829. The van der Waals surface area contributed by atoms with Crippen molar-refractivity contribution in [3.8, 4) is 6.07 Å². The molecule has 0 radical (unpaired) electrons. The number of hydrogen-bond donors (Lipinski definition) is 2. The maximum atomic E-state index is 11.4. The number of pyridine rings is 1. The van der Waals surface area contributed by atoms with E-state index in [0.29, 0.717) is 17.6 Å². The first kappa shape index (κ1) is 15.6. The number of anilines is 1. The smallest absolute Gasteiger partial charge is 0.316 e. The first-order valence-electron chi connectivity index (χ1n) is 7.10. The van der Waals surface area contributed by atoms with Crippen molar-refractivity contribution < 1.29 is 4.79 Å². The molecule has 2 aromatic rings. The van der Waals surface area contributed by atoms with Gasteiger partial charge in [-0.25, -0.2) is 4.79 Å². The van der Waals surface area contributed by atoms with Crippen molar-refractivity contribution in [2.24, 2.45) is 0 Å². The Bertz CT molecular complexity index is 705. The van der Waals surface area contributed by atoms with E-state index in [-0.39, 0.29) is 6.03 Å². The molecule has 1 aromatic carbocycles. The molecule has 0 aliphatic heterocycles. The standard InChI is InChI=1S/C16H19N5O/c1-21(2)16(22)20-10-4-9-18-14-7-6-12(11-17)15-13(14)5-3-8-19-15/h3,5-8,18H,4,9-10H2,1-2H3,(H,20,22). The molecule has 0 aliphatic rings. The maximum absolute atomic E-state index is 11.4. The van der Waals surface area contributed by atoms with E-state index in [4.69, 9.17) is 5.26 Å². The number of aromatic nitrogens is 1. The lowest BCUT2D eigenvalue weighted by molar-refractivity contribution is 0.217. The monoisotopic (exact) mass is 297 g/mol. The SMILES string of the molecule is CN(C)C(=O)NCCCNc1ccc(C#N)c2ncccc12. The molecule has 0 bridgehead atoms. The van der Waals surface area contributed by atoms with E-state index >= 15 is 0 Å². The highest BCUT2D eigenvalue weighted by Gasteiger charge is 2.06. The third-order valence-electron chi connectivity index (χ3n) is 3.24. The highest BCUT2D eigenvalue weighted by atomic mass is 16.2. The van der Waals surface area contributed by atoms with Crippen LogP contribution < -0.4 is 10.6 Å². The molecule has 1 heterocycles. The van der Waals surface area contributed by atoms with E-state index in [1.54, 1.807) is 26.4 Å². The van der Waals surface area contributed by atoms with Crippen LogP contribution in [0.2, 0.25) is 0 Å². The van der Waals surface area contributed by atoms with Crippen molar-refractivity contribution in [3.63, 3.8) is 0 Å². The Morgan fingerprint density at radius 1 is 1.32 bits per heavy atom. The van der Waals surface area contributed by atoms with Gasteiger partial charge in [-0.05, 0) is 30.7 Å². The third kappa shape index (κ3) is 3.64. The predicted octanol–water partition coefficient (Wildman–Crippen LogP) is 2.18. The first-order chi connectivity index (χ1) is 10.6. The molecule has 0 unspecified atom stereocenters. The van der Waals surface area contributed by atoms with Gasteiger partial charge in [-0.3, -0.25) is 4.98 Å². The van der Waals surface area contributed by atoms with Gasteiger partial charge in [-0.2, -0.15) is 5.26 Å². The molecule has 0 saturated carbocycles. The van der Waals surface area contributed by atoms with Crippen molar-refractivity contribution in [1.29, 1.82) is 5.26 Å². The Hall–Kier alpha value is -2.81. The summed E-state index contributed by atoms with van der Waals surface area (Å²) in [6.45, 7) is 1.33. The molecule has 22 heavy (non-hydrogen) atoms. The van der Waals surface area contributed by atoms with Crippen LogP contribution in [0.5, 0.6) is 0 Å². The topological polar surface area (TPSA) is 81.0 Å². The molecular weight excluding hydrogens is 278 g/mol. The van der Waals surface area contributed by atoms with Crippen molar-refractivity contribution in [1.82, 2.24) is 15.2 Å². The van der Waals surface area contributed by atoms with Gasteiger partial charge in [0.1, 0.15) is 6.07 Å². The number of carbonyl (C=O) groups excluding carboxylic acids is 1. The Morgan fingerprint density at radius 3 is 2.86 bits per heavy atom. The number of nitrogens with zero attached hydrogens (tertiary/aromatic N) is 3. The summed E-state index contributed by atoms with van der Waals surface area (Å²) >= 11 is 0. The molecule has 2 N–H and O–H groups in total. The number of benzene rings is 1. The van der Waals surface area contributed by atoms with E-state index in [9.17, 15) is 4.79 Å². The Balaban J connectivity index is 1.96. The lowest BCUT2D eigenvalue weighted by atomic mass is 10.1. The number of carbonyl (C=O) groups is 1. The van der Waals surface area contributed by atoms with Crippen LogP contribution in [0.1, 0.15) is 12.0 Å². The highest BCUT2D eigenvalue weighted by molar-refractivity contribution is 5.94. The minimum absolute atomic E-state index is 0.0898. The highest BCUT2D eigenvalue weighted by Crippen LogP contribution is 2.24. The van der Waals surface area contributed by atoms with Crippen molar-refractivity contribution in [2.45, 2.75) is 6.42 Å². The molecular formula is C16H19N5O. The number of hydrogen-bond acceptors (Lipinski definition) is 4. The van der Waals surface area contributed by atoms with Crippen molar-refractivity contribution in [3.05, 3.63) is 36.0 Å². The molecule has 6 heteroatoms. The number of amides is 2. The lowest BCUT2D eigenvalue weighted by Gasteiger charge is -2.13. The second-order valence-corrected chi connectivity index (χ2v) is 5.08. The molecule has 114 valence electrons. The zero-order chi connectivity index (χ0) is 15.9. The van der Waals surface area contributed by atoms with Gasteiger partial charge in [0.15, 0.2) is 0 Å². The van der Waals surface area contributed by atoms with Crippen LogP contribution >= 0.6 is 0 Å². The fourth-order valence-corrected chi connectivity index (χ4v) is 2.08. The van der Waals surface area contributed by atoms with Crippen LogP contribution in [0.4, 0.5) is 10.5 Å². The Morgan fingerprint density at radius 2 is 2.14 bits per heavy atom. The van der Waals surface area contributed by atoms with Crippen molar-refractivity contribution in [2.75, 3.05) is 32.5 Å². The Labute approximate surface area is 129 Å². The van der Waals surface area contributed by atoms with Gasteiger partial charge in [0, 0.05) is 44.5 Å². The summed E-state index contributed by atoms with van der Waals surface area (Å²) in [5.74, 6) is 0. The predicted molar refractivity (Wildman–Crippen MR) is 86.7 cm³/mol. The van der Waals surface area contributed by atoms with E-state index in [0.717, 1.165) is 24.0 Å². The Kier molecular flexibility index (Phi) is 5.15. The van der Waals surface area contributed by atoms with Crippen LogP contribution in [-0.4, -0.2) is 43.1 Å². The van der Waals surface area contributed by atoms with E-state index < -0.39 is 0 Å². The largest absolute Gasteiger partial charge is 0.384 e. The summed E-state index contributed by atoms with van der Waals surface area (Å²) < 4.78 is 0. The van der Waals surface area contributed by atoms with Crippen LogP contribution in [0.3, 0.4) is 0 Å². The minimum Gasteiger partial charge on any atom is -0.384 e. The zero-order valence-corrected chi connectivity index (χ0v) is 12.8. The van der Waals surface area contributed by atoms with E-state index in [1.807, 2.05) is 18.2 Å². The molecule has 6 nitrogen and oxygen atoms in total. The van der Waals surface area contributed by atoms with E-state index in [1.165, 1.54) is 4.90 Å². The molecule has 2 amide bonds. The van der Waals surface area contributed by atoms with Gasteiger partial charge in [0.25, 0.3) is 0 Å². The van der Waals surface area contributed by atoms with Gasteiger partial charge >= 0.3 is 6.03 Å². The third-order valence-corrected chi connectivity index (χ3v) is 3.24. The summed E-state index contributed by atoms with van der Waals surface area (Å²) in [4.78, 5) is 17.2. The molecule has 0 fully saturated rings. The fourth-order valence-electron chi connectivity index (χ4n) is 2.08. The average Bonchev–Trinajstić information content (AvgIpc) is 2.54. The normalized spacial score (nSPS) is 10.0. The molecule has 1 aromatic heterocycles. The zero-order valence-electron chi connectivity index (χ0n) is 12.8. The summed E-state index contributed by atoms with van der Waals surface area (Å²) in [7, 11) is 3.42. The number of rotatable bonds is 5. The molecule has 0 aliphatic carbocycles. The summed E-state index contributed by atoms with van der Waals surface area (Å²) in [5, 5.41) is 16.2. The molecule has 0 saturated heterocycles. The van der Waals surface area contributed by atoms with E-state index in [2.05, 4.69) is 21.7 Å². The van der Waals surface area contributed by atoms with Gasteiger partial charge in [-0.15, -0.1) is 0 Å².